The van der Waals surface area contributed by atoms with Crippen molar-refractivity contribution in [1.82, 2.24) is 18.8 Å². The third-order valence-electron chi connectivity index (χ3n) is 5.89. The third-order valence-corrected chi connectivity index (χ3v) is 9.11. The normalized spacial score (nSPS) is 23.4. The number of nitrogens with zero attached hydrogens (tertiary/aromatic N) is 4. The molecule has 2 fully saturated rings. The number of rotatable bonds is 4. The van der Waals surface area contributed by atoms with Crippen molar-refractivity contribution in [3.63, 3.8) is 0 Å². The van der Waals surface area contributed by atoms with Crippen LogP contribution in [0.25, 0.3) is 10.2 Å². The topological polar surface area (TPSA) is 102 Å². The highest BCUT2D eigenvalue weighted by molar-refractivity contribution is 7.89. The molecule has 2 unspecified atom stereocenters. The smallest absolute Gasteiger partial charge is 0.263 e. The first kappa shape index (κ1) is 22.4. The molecule has 0 aromatic carbocycles. The Kier molecular flexibility index (Phi) is 6.21. The molecular formula is C20H28N4O5S2. The molecule has 2 atom stereocenters. The second kappa shape index (κ2) is 8.61. The van der Waals surface area contributed by atoms with Crippen molar-refractivity contribution < 1.29 is 17.9 Å². The summed E-state index contributed by atoms with van der Waals surface area (Å²) in [5, 5.41) is 0.0738. The maximum atomic E-state index is 13.3. The van der Waals surface area contributed by atoms with Crippen molar-refractivity contribution >= 4 is 37.5 Å². The average molecular weight is 469 g/mol. The van der Waals surface area contributed by atoms with Gasteiger partial charge < -0.3 is 9.64 Å². The minimum absolute atomic E-state index is 0.00826. The van der Waals surface area contributed by atoms with Gasteiger partial charge in [-0.1, -0.05) is 13.8 Å². The predicted octanol–water partition coefficient (Wildman–Crippen LogP) is 1.29. The lowest BCUT2D eigenvalue weighted by Gasteiger charge is -2.35. The van der Waals surface area contributed by atoms with Gasteiger partial charge in [0.2, 0.25) is 15.9 Å². The summed E-state index contributed by atoms with van der Waals surface area (Å²) in [5.41, 5.74) is -0.493. The predicted molar refractivity (Wildman–Crippen MR) is 118 cm³/mol. The van der Waals surface area contributed by atoms with Crippen molar-refractivity contribution in [1.29, 1.82) is 0 Å². The highest BCUT2D eigenvalue weighted by Gasteiger charge is 2.33. The molecule has 1 amide bonds. The average Bonchev–Trinajstić information content (AvgIpc) is 3.07. The molecule has 2 aromatic rings. The van der Waals surface area contributed by atoms with Gasteiger partial charge in [0.15, 0.2) is 0 Å². The molecule has 0 spiro atoms. The van der Waals surface area contributed by atoms with Gasteiger partial charge in [-0.3, -0.25) is 14.2 Å². The number of aromatic nitrogens is 2. The van der Waals surface area contributed by atoms with E-state index in [1.807, 2.05) is 0 Å². The second-order valence-corrected chi connectivity index (χ2v) is 11.7. The number of carbonyl (C=O) groups is 1. The number of carbonyl (C=O) groups excluding carboxylic acids is 1. The zero-order valence-electron chi connectivity index (χ0n) is 18.0. The Morgan fingerprint density at radius 1 is 1.23 bits per heavy atom. The number of aryl methyl sites for hydroxylation is 1. The number of fused-ring (bicyclic) bond motifs is 1. The number of sulfonamides is 1. The van der Waals surface area contributed by atoms with Gasteiger partial charge in [-0.2, -0.15) is 4.31 Å². The largest absolute Gasteiger partial charge is 0.379 e. The number of hydrogen-bond donors (Lipinski definition) is 0. The van der Waals surface area contributed by atoms with Crippen LogP contribution in [0.2, 0.25) is 0 Å². The fourth-order valence-electron chi connectivity index (χ4n) is 4.56. The van der Waals surface area contributed by atoms with Crippen LogP contribution in [0, 0.1) is 18.8 Å². The quantitative estimate of drug-likeness (QED) is 0.670. The molecule has 4 rings (SSSR count). The van der Waals surface area contributed by atoms with Crippen molar-refractivity contribution in [2.45, 2.75) is 38.6 Å². The minimum atomic E-state index is -3.86. The van der Waals surface area contributed by atoms with E-state index in [9.17, 15) is 18.0 Å². The van der Waals surface area contributed by atoms with Crippen LogP contribution in [0.1, 0.15) is 25.1 Å². The Labute approximate surface area is 185 Å². The van der Waals surface area contributed by atoms with E-state index in [1.54, 1.807) is 11.8 Å². The molecule has 0 saturated carbocycles. The van der Waals surface area contributed by atoms with E-state index in [2.05, 4.69) is 18.8 Å². The molecule has 2 saturated heterocycles. The van der Waals surface area contributed by atoms with E-state index >= 15 is 0 Å². The fraction of sp³-hybridized carbons (Fsp3) is 0.650. The monoisotopic (exact) mass is 468 g/mol. The number of amides is 1. The molecule has 0 N–H and O–H groups in total. The van der Waals surface area contributed by atoms with E-state index < -0.39 is 15.6 Å². The Balaban J connectivity index is 1.70. The first-order valence-corrected chi connectivity index (χ1v) is 12.8. The fourth-order valence-corrected chi connectivity index (χ4v) is 7.64. The van der Waals surface area contributed by atoms with E-state index in [4.69, 9.17) is 4.74 Å². The zero-order chi connectivity index (χ0) is 22.3. The van der Waals surface area contributed by atoms with E-state index in [-0.39, 0.29) is 35.8 Å². The maximum absolute atomic E-state index is 13.3. The number of ether oxygens (including phenoxy) is 1. The number of thiophene rings is 1. The number of hydrogen-bond acceptors (Lipinski definition) is 7. The lowest BCUT2D eigenvalue weighted by atomic mass is 9.92. The summed E-state index contributed by atoms with van der Waals surface area (Å²) >= 11 is 1.18. The summed E-state index contributed by atoms with van der Waals surface area (Å²) in [4.78, 5) is 33.2. The molecule has 0 bridgehead atoms. The van der Waals surface area contributed by atoms with Crippen molar-refractivity contribution in [3.05, 3.63) is 21.6 Å². The van der Waals surface area contributed by atoms with Crippen LogP contribution in [0.4, 0.5) is 0 Å². The summed E-state index contributed by atoms with van der Waals surface area (Å²) in [6.45, 7) is 8.25. The van der Waals surface area contributed by atoms with E-state index in [0.717, 1.165) is 6.42 Å². The van der Waals surface area contributed by atoms with Crippen LogP contribution in [-0.4, -0.2) is 72.5 Å². The molecule has 2 aliphatic rings. The SMILES string of the molecule is Cc1sc2ncn(CC(=O)N3CC(C)CC(C)C3)c(=O)c2c1S(=O)(=O)N1CCOCC1. The first-order chi connectivity index (χ1) is 14.7. The zero-order valence-corrected chi connectivity index (χ0v) is 19.7. The third kappa shape index (κ3) is 4.28. The first-order valence-electron chi connectivity index (χ1n) is 10.5. The molecule has 2 aliphatic heterocycles. The number of likely N-dealkylation sites (tertiary alicyclic amines) is 1. The molecular weight excluding hydrogens is 440 g/mol. The summed E-state index contributed by atoms with van der Waals surface area (Å²) in [7, 11) is -3.86. The number of piperidine rings is 1. The molecule has 0 radical (unpaired) electrons. The Morgan fingerprint density at radius 2 is 1.87 bits per heavy atom. The maximum Gasteiger partial charge on any atom is 0.263 e. The molecule has 170 valence electrons. The van der Waals surface area contributed by atoms with Gasteiger partial charge >= 0.3 is 0 Å². The molecule has 0 aliphatic carbocycles. The number of morpholine rings is 1. The van der Waals surface area contributed by atoms with E-state index in [1.165, 1.54) is 26.5 Å². The van der Waals surface area contributed by atoms with Crippen LogP contribution in [0.3, 0.4) is 0 Å². The molecule has 31 heavy (non-hydrogen) atoms. The van der Waals surface area contributed by atoms with Crippen LogP contribution in [0.15, 0.2) is 16.0 Å². The lowest BCUT2D eigenvalue weighted by molar-refractivity contribution is -0.134. The van der Waals surface area contributed by atoms with Gasteiger partial charge in [0, 0.05) is 31.1 Å². The van der Waals surface area contributed by atoms with Gasteiger partial charge in [0.25, 0.3) is 5.56 Å². The van der Waals surface area contributed by atoms with Gasteiger partial charge in [-0.15, -0.1) is 11.3 Å². The minimum Gasteiger partial charge on any atom is -0.379 e. The van der Waals surface area contributed by atoms with Gasteiger partial charge in [-0.05, 0) is 25.2 Å². The molecule has 4 heterocycles. The van der Waals surface area contributed by atoms with E-state index in [0.29, 0.717) is 47.8 Å². The lowest BCUT2D eigenvalue weighted by Crippen LogP contribution is -2.45. The van der Waals surface area contributed by atoms with Crippen LogP contribution >= 0.6 is 11.3 Å². The van der Waals surface area contributed by atoms with Gasteiger partial charge in [0.1, 0.15) is 16.3 Å². The Morgan fingerprint density at radius 3 is 2.52 bits per heavy atom. The van der Waals surface area contributed by atoms with Crippen molar-refractivity contribution in [2.24, 2.45) is 11.8 Å². The van der Waals surface area contributed by atoms with Gasteiger partial charge in [0.05, 0.1) is 24.9 Å². The Bertz CT molecular complexity index is 1140. The highest BCUT2D eigenvalue weighted by Crippen LogP contribution is 2.33. The summed E-state index contributed by atoms with van der Waals surface area (Å²) in [6, 6.07) is 0. The van der Waals surface area contributed by atoms with Crippen molar-refractivity contribution in [2.75, 3.05) is 39.4 Å². The van der Waals surface area contributed by atoms with Gasteiger partial charge in [-0.25, -0.2) is 13.4 Å². The van der Waals surface area contributed by atoms with Crippen LogP contribution < -0.4 is 5.56 Å². The van der Waals surface area contributed by atoms with Crippen LogP contribution in [-0.2, 0) is 26.1 Å². The molecule has 9 nitrogen and oxygen atoms in total. The highest BCUT2D eigenvalue weighted by atomic mass is 32.2. The van der Waals surface area contributed by atoms with Crippen LogP contribution in [0.5, 0.6) is 0 Å². The summed E-state index contributed by atoms with van der Waals surface area (Å²) in [6.07, 6.45) is 2.43. The second-order valence-electron chi connectivity index (χ2n) is 8.61. The Hall–Kier alpha value is -1.82. The van der Waals surface area contributed by atoms with Crippen molar-refractivity contribution in [3.8, 4) is 0 Å². The summed E-state index contributed by atoms with van der Waals surface area (Å²) < 4.78 is 34.5. The standard InChI is InChI=1S/C20H28N4O5S2/c1-13-8-14(2)10-22(9-13)16(25)11-23-12-21-19-17(20(23)26)18(15(3)30-19)31(27,28)24-4-6-29-7-5-24/h12-14H,4-11H2,1-3H3. The molecule has 11 heteroatoms. The summed E-state index contributed by atoms with van der Waals surface area (Å²) in [5.74, 6) is 0.677. The molecule has 2 aromatic heterocycles.